The molecular formula is C106H179N19O21S3. The lowest BCUT2D eigenvalue weighted by atomic mass is 9.80. The predicted molar refractivity (Wildman–Crippen MR) is 565 cm³/mol. The molecule has 15 amide bonds. The number of hydrogen-bond donors (Lipinski definition) is 12. The first kappa shape index (κ1) is 121. The number of piperidine rings is 3. The fraction of sp³-hybridized carbons (Fsp3) is 0.840. The van der Waals surface area contributed by atoms with Gasteiger partial charge in [0.1, 0.15) is 36.3 Å². The molecule has 0 spiro atoms. The molecule has 18 atom stereocenters. The van der Waals surface area contributed by atoms with Crippen molar-refractivity contribution in [3.05, 3.63) is 12.7 Å². The van der Waals surface area contributed by atoms with Crippen molar-refractivity contribution in [1.29, 1.82) is 0 Å². The van der Waals surface area contributed by atoms with Crippen molar-refractivity contribution in [3.63, 3.8) is 0 Å². The summed E-state index contributed by atoms with van der Waals surface area (Å²) in [6.07, 6.45) is 19.9. The molecule has 0 aromatic carbocycles. The molecule has 40 nitrogen and oxygen atoms in total. The summed E-state index contributed by atoms with van der Waals surface area (Å²) in [6, 6.07) is -11.9. The highest BCUT2D eigenvalue weighted by atomic mass is 32.2. The van der Waals surface area contributed by atoms with Gasteiger partial charge in [-0.3, -0.25) is 57.5 Å². The Hall–Kier alpha value is -8.52. The number of carbonyl (C=O) groups excluding carboxylic acids is 15. The van der Waals surface area contributed by atoms with Gasteiger partial charge in [-0.05, 0) is 182 Å². The largest absolute Gasteiger partial charge is 0.363 e. The molecule has 0 bridgehead atoms. The fourth-order valence-electron chi connectivity index (χ4n) is 24.5. The van der Waals surface area contributed by atoms with Gasteiger partial charge in [-0.1, -0.05) is 221 Å². The van der Waals surface area contributed by atoms with Crippen molar-refractivity contribution in [2.75, 3.05) is 90.0 Å². The Morgan fingerprint density at radius 2 is 0.819 bits per heavy atom. The number of nitrogens with zero attached hydrogens (tertiary/aromatic N) is 7. The third-order valence-electron chi connectivity index (χ3n) is 34.8. The van der Waals surface area contributed by atoms with Crippen LogP contribution < -0.4 is 64.2 Å². The second-order valence-corrected chi connectivity index (χ2v) is 57.2. The molecule has 6 heterocycles. The Morgan fingerprint density at radius 1 is 0.416 bits per heavy atom. The van der Waals surface area contributed by atoms with E-state index < -0.39 is 207 Å². The van der Waals surface area contributed by atoms with Gasteiger partial charge in [-0.25, -0.2) is 31.2 Å². The number of nitrogens with one attached hydrogen (secondary N) is 11. The van der Waals surface area contributed by atoms with E-state index in [1.54, 1.807) is 16.7 Å². The number of rotatable bonds is 40. The fourth-order valence-corrected chi connectivity index (χ4v) is 29.5. The van der Waals surface area contributed by atoms with Gasteiger partial charge in [0.2, 0.25) is 72.8 Å². The van der Waals surface area contributed by atoms with Crippen LogP contribution in [0.3, 0.4) is 0 Å². The molecule has 0 aromatic rings. The number of unbranched alkanes of at least 4 members (excludes halogenated alkanes) is 1. The third-order valence-corrected chi connectivity index (χ3v) is 40.8. The summed E-state index contributed by atoms with van der Waals surface area (Å²) < 4.78 is 83.1. The zero-order valence-corrected chi connectivity index (χ0v) is 95.2. The average Bonchev–Trinajstić information content (AvgIpc) is 1.53. The normalized spacial score (nSPS) is 27.1. The first-order valence-corrected chi connectivity index (χ1v) is 59.7. The van der Waals surface area contributed by atoms with E-state index >= 15 is 0 Å². The maximum Gasteiger partial charge on any atom is 0.315 e. The zero-order chi connectivity index (χ0) is 111. The number of carbonyl (C=O) groups is 15. The maximum absolute atomic E-state index is 14.6. The van der Waals surface area contributed by atoms with Crippen LogP contribution in [0.4, 0.5) is 14.4 Å². The van der Waals surface area contributed by atoms with E-state index in [0.29, 0.717) is 90.9 Å². The minimum atomic E-state index is -3.69. The second-order valence-electron chi connectivity index (χ2n) is 51.2. The summed E-state index contributed by atoms with van der Waals surface area (Å²) >= 11 is 0. The van der Waals surface area contributed by atoms with E-state index in [0.717, 1.165) is 109 Å². The minimum Gasteiger partial charge on any atom is -0.363 e. The van der Waals surface area contributed by atoms with E-state index in [9.17, 15) is 97.2 Å². The van der Waals surface area contributed by atoms with Crippen molar-refractivity contribution >= 4 is 119 Å². The highest BCUT2D eigenvalue weighted by molar-refractivity contribution is 7.89. The molecule has 0 aromatic heterocycles. The quantitative estimate of drug-likeness (QED) is 0.0220. The number of Topliss-reactive ketones (excluding diaryl/α,β-unsaturated/α-hetero) is 3. The number of fused-ring (bicyclic) bond motifs is 3. The second kappa shape index (κ2) is 48.2. The molecule has 13 rings (SSSR count). The van der Waals surface area contributed by atoms with Crippen LogP contribution in [0.2, 0.25) is 0 Å². The van der Waals surface area contributed by atoms with Gasteiger partial charge < -0.3 is 78.9 Å². The Kier molecular flexibility index (Phi) is 39.1. The molecule has 0 radical (unpaired) electrons. The number of hydrogen-bond acceptors (Lipinski definition) is 21. The molecule has 3 unspecified atom stereocenters. The number of primary amides is 1. The molecule has 13 N–H and O–H groups in total. The number of sulfonamides is 2. The Labute approximate surface area is 885 Å². The first-order chi connectivity index (χ1) is 69.3. The maximum atomic E-state index is 14.6. The van der Waals surface area contributed by atoms with Crippen molar-refractivity contribution in [2.24, 2.45) is 103 Å². The van der Waals surface area contributed by atoms with Crippen LogP contribution >= 0.6 is 0 Å². The first-order valence-electron chi connectivity index (χ1n) is 55.1. The number of amides is 15. The Bertz CT molecular complexity index is 5260. The molecule has 149 heavy (non-hydrogen) atoms. The summed E-state index contributed by atoms with van der Waals surface area (Å²) in [6.45, 7) is 49.3. The van der Waals surface area contributed by atoms with Gasteiger partial charge in [0.25, 0.3) is 27.9 Å². The zero-order valence-electron chi connectivity index (χ0n) is 92.7. The average molecular weight is 2150 g/mol. The van der Waals surface area contributed by atoms with Crippen molar-refractivity contribution < 1.29 is 97.2 Å². The number of ketones is 3. The summed E-state index contributed by atoms with van der Waals surface area (Å²) in [4.78, 5) is 208. The van der Waals surface area contributed by atoms with Crippen LogP contribution in [0.25, 0.3) is 0 Å². The number of nitrogens with two attached hydrogens (primary N) is 1. The molecule has 13 fully saturated rings. The van der Waals surface area contributed by atoms with Gasteiger partial charge in [-0.2, -0.15) is 25.6 Å². The Balaban J connectivity index is 0.000000212. The van der Waals surface area contributed by atoms with E-state index in [4.69, 9.17) is 5.73 Å². The van der Waals surface area contributed by atoms with Gasteiger partial charge >= 0.3 is 18.1 Å². The van der Waals surface area contributed by atoms with Gasteiger partial charge in [-0.15, -0.1) is 6.58 Å². The Morgan fingerprint density at radius 3 is 1.21 bits per heavy atom. The number of likely N-dealkylation sites (tertiary alicyclic amines) is 3. The van der Waals surface area contributed by atoms with Crippen LogP contribution in [0, 0.1) is 97.1 Å². The van der Waals surface area contributed by atoms with Gasteiger partial charge in [0, 0.05) is 103 Å². The summed E-state index contributed by atoms with van der Waals surface area (Å²) in [7, 11) is -10.5. The van der Waals surface area contributed by atoms with Crippen LogP contribution in [0.5, 0.6) is 0 Å². The predicted octanol–water partition coefficient (Wildman–Crippen LogP) is 6.86. The number of likely N-dealkylation sites (N-methyl/N-ethyl adjacent to an activating group) is 1. The molecule has 7 saturated carbocycles. The van der Waals surface area contributed by atoms with Crippen LogP contribution in [-0.4, -0.2) is 314 Å². The third kappa shape index (κ3) is 29.0. The van der Waals surface area contributed by atoms with Gasteiger partial charge in [0.15, 0.2) is 0 Å². The van der Waals surface area contributed by atoms with Crippen molar-refractivity contribution in [2.45, 2.75) is 379 Å². The van der Waals surface area contributed by atoms with E-state index in [-0.39, 0.29) is 125 Å². The number of urea groups is 3. The summed E-state index contributed by atoms with van der Waals surface area (Å²) in [5, 5.41) is 31.4. The van der Waals surface area contributed by atoms with Gasteiger partial charge in [0.05, 0.1) is 29.6 Å². The highest BCUT2D eigenvalue weighted by Gasteiger charge is 2.73. The summed E-state index contributed by atoms with van der Waals surface area (Å²) in [5.41, 5.74) is 2.28. The molecule has 43 heteroatoms. The molecular weight excluding hydrogens is 1970 g/mol. The van der Waals surface area contributed by atoms with Crippen LogP contribution in [-0.2, 0) is 87.8 Å². The lowest BCUT2D eigenvalue weighted by molar-refractivity contribution is -0.145. The molecule has 7 aliphatic carbocycles. The molecule has 6 aliphatic heterocycles. The highest BCUT2D eigenvalue weighted by Crippen LogP contribution is 2.67. The van der Waals surface area contributed by atoms with Crippen molar-refractivity contribution in [3.8, 4) is 0 Å². The van der Waals surface area contributed by atoms with E-state index in [1.165, 1.54) is 28.2 Å². The molecule has 13 aliphatic rings. The SMILES string of the molecule is C=CCNC(=O)C(=O)C(CC1CC1)NC(=O)[C@@H]1[C@@H]2[C@H](CN1C(=O)[C@@H](NC(=O)N[C@H](CN1CCN(C(C)C)S1(=O)=O)C(C)(C)C)C(C)(C)C)C2(C)C.CC(C)(C)[C@H](NC(=O)N[C@H](CN1CCCCS1(=O)=O)C1CCCCC1)C(=O)N1C[C@H]2[C@@H]([C@H]1C(=O)NC(CC1CCC1)C(=O)C(N)=O)C2(C)C.CCCCC(NC(=O)[C@@H]1[C@@H]2[C@H](CN1C(=O)[C@@H](NC(=O)N[C@H](CN1CCCS1(=O)=O)C(C)(C)C)C1CCCCC1)C2(C)C)C(=O)C(=O)NCC. The topological polar surface area (TPSA) is 539 Å². The monoisotopic (exact) mass is 2150 g/mol. The smallest absolute Gasteiger partial charge is 0.315 e. The van der Waals surface area contributed by atoms with Crippen LogP contribution in [0.15, 0.2) is 12.7 Å². The standard InChI is InChI=1S/C36H61N7O7S.C35H58N6O7S.C35H60N6O7S/c1-12-15-37-31(46)28(44)24(18-22-13-14-22)38-30(45)27-26-23(36(26,10)11)19-42(27)32(47)29(35(7,8)9)40-33(48)39-25(34(4,5)6)20-41-16-17-43(21(2)3)51(41,49)50;1-34(2,3)29(39-33(46)38-25(22-14-7-6-8-15-22)20-40-16-9-10-17-49(40,47)48)32(45)41-19-23-26(35(23,4)5)27(41)31(44)37-24(28(42)30(36)43)18-21-12-11-13-21;1-8-10-17-24(29(42)31(44)36-9-2)37-30(43)28-26-23(35(26,6)7)20-41(28)32(45)27(22-15-12-11-13-16-22)39-33(46)38-25(34(3,4)5)21-40-18-14-19-49(40,47)48/h12,21-27,29H,1,13-20H2,2-11H3,(H,37,46)(H,38,45)(H2,39,40,48);21-27,29H,6-20H2,1-5H3,(H2,36,43)(H,37,44)(H2,38,39,46);22-28H,8-21H2,1-7H3,(H,36,44)(H,37,43)(H2,38,39,46)/t2*23-,24?,25+,26-,27-,29+;23-,24?,25+,26-,27-,28-/m000/s1. The molecule has 6 saturated heterocycles. The lowest BCUT2D eigenvalue weighted by Gasteiger charge is -2.39. The summed E-state index contributed by atoms with van der Waals surface area (Å²) in [5.74, 6) is -6.95. The molecule has 842 valence electrons. The van der Waals surface area contributed by atoms with E-state index in [2.05, 4.69) is 107 Å². The van der Waals surface area contributed by atoms with E-state index in [1.807, 2.05) is 104 Å². The minimum absolute atomic E-state index is 0.0539. The van der Waals surface area contributed by atoms with Crippen LogP contribution in [0.1, 0.15) is 300 Å². The van der Waals surface area contributed by atoms with Crippen molar-refractivity contribution in [1.82, 2.24) is 90.4 Å². The lowest BCUT2D eigenvalue weighted by Crippen LogP contribution is -2.62.